The Bertz CT molecular complexity index is 558. The quantitative estimate of drug-likeness (QED) is 0.485. The fraction of sp³-hybridized carbons (Fsp3) is 0.462. The molecule has 0 amide bonds. The summed E-state index contributed by atoms with van der Waals surface area (Å²) >= 11 is 0. The van der Waals surface area contributed by atoms with Gasteiger partial charge in [-0.25, -0.2) is 13.6 Å². The highest BCUT2D eigenvalue weighted by Crippen LogP contribution is 2.23. The fourth-order valence-corrected chi connectivity index (χ4v) is 2.04. The molecule has 0 aromatic heterocycles. The first kappa shape index (κ1) is 15.3. The van der Waals surface area contributed by atoms with Crippen LogP contribution in [0.25, 0.3) is 0 Å². The van der Waals surface area contributed by atoms with Crippen molar-refractivity contribution in [3.8, 4) is 0 Å². The van der Waals surface area contributed by atoms with E-state index >= 15 is 0 Å². The van der Waals surface area contributed by atoms with E-state index in [0.29, 0.717) is 25.2 Å². The van der Waals surface area contributed by atoms with Gasteiger partial charge in [0, 0.05) is 6.61 Å². The molecule has 1 heterocycles. The highest BCUT2D eigenvalue weighted by molar-refractivity contribution is 5.93. The average Bonchev–Trinajstić information content (AvgIpc) is 2.48. The largest absolute Gasteiger partial charge is 0.459 e. The molecule has 6 nitrogen and oxygen atoms in total. The van der Waals surface area contributed by atoms with Crippen LogP contribution in [0, 0.1) is 21.7 Å². The third-order valence-electron chi connectivity index (χ3n) is 3.13. The monoisotopic (exact) mass is 301 g/mol. The minimum absolute atomic E-state index is 0.0744. The predicted molar refractivity (Wildman–Crippen MR) is 66.9 cm³/mol. The van der Waals surface area contributed by atoms with Crippen molar-refractivity contribution >= 4 is 11.7 Å². The van der Waals surface area contributed by atoms with Gasteiger partial charge in [-0.2, -0.15) is 0 Å². The van der Waals surface area contributed by atoms with Crippen LogP contribution in [0.1, 0.15) is 29.6 Å². The van der Waals surface area contributed by atoms with Crippen LogP contribution in [0.5, 0.6) is 0 Å². The summed E-state index contributed by atoms with van der Waals surface area (Å²) in [5, 5.41) is 10.8. The summed E-state index contributed by atoms with van der Waals surface area (Å²) in [6.45, 7) is 0.489. The molecule has 1 atom stereocenters. The normalized spacial score (nSPS) is 18.3. The maximum atomic E-state index is 13.1. The minimum atomic E-state index is -1.39. The van der Waals surface area contributed by atoms with E-state index in [4.69, 9.17) is 9.47 Å². The van der Waals surface area contributed by atoms with Crippen molar-refractivity contribution in [3.63, 3.8) is 0 Å². The number of carbonyl (C=O) groups is 1. The summed E-state index contributed by atoms with van der Waals surface area (Å²) in [6, 6.07) is 0.834. The Balaban J connectivity index is 2.10. The fourth-order valence-electron chi connectivity index (χ4n) is 2.04. The Kier molecular flexibility index (Phi) is 4.79. The van der Waals surface area contributed by atoms with Gasteiger partial charge in [0.2, 0.25) is 0 Å². The van der Waals surface area contributed by atoms with E-state index in [0.717, 1.165) is 12.8 Å². The first-order valence-corrected chi connectivity index (χ1v) is 6.41. The van der Waals surface area contributed by atoms with Crippen molar-refractivity contribution in [2.24, 2.45) is 0 Å². The number of carbonyl (C=O) groups excluding carboxylic acids is 1. The lowest BCUT2D eigenvalue weighted by Gasteiger charge is -2.22. The summed E-state index contributed by atoms with van der Waals surface area (Å²) in [7, 11) is 0. The summed E-state index contributed by atoms with van der Waals surface area (Å²) < 4.78 is 36.4. The Hall–Kier alpha value is -2.09. The van der Waals surface area contributed by atoms with Crippen molar-refractivity contribution in [3.05, 3.63) is 39.4 Å². The molecule has 1 aromatic rings. The zero-order valence-electron chi connectivity index (χ0n) is 11.0. The van der Waals surface area contributed by atoms with E-state index < -0.39 is 33.8 Å². The van der Waals surface area contributed by atoms with Crippen molar-refractivity contribution in [1.82, 2.24) is 0 Å². The van der Waals surface area contributed by atoms with Gasteiger partial charge in [-0.05, 0) is 25.3 Å². The van der Waals surface area contributed by atoms with Crippen LogP contribution < -0.4 is 0 Å². The van der Waals surface area contributed by atoms with Gasteiger partial charge < -0.3 is 9.47 Å². The van der Waals surface area contributed by atoms with Crippen LogP contribution in [0.4, 0.5) is 14.5 Å². The Morgan fingerprint density at radius 2 is 2.10 bits per heavy atom. The van der Waals surface area contributed by atoms with Gasteiger partial charge in [0.05, 0.1) is 17.1 Å². The summed E-state index contributed by atoms with van der Waals surface area (Å²) in [6.07, 6.45) is 2.31. The molecule has 114 valence electrons. The molecule has 1 aliphatic rings. The van der Waals surface area contributed by atoms with Gasteiger partial charge in [-0.15, -0.1) is 0 Å². The van der Waals surface area contributed by atoms with Gasteiger partial charge in [-0.1, -0.05) is 0 Å². The number of benzene rings is 1. The number of halogens is 2. The summed E-state index contributed by atoms with van der Waals surface area (Å²) in [4.78, 5) is 21.6. The lowest BCUT2D eigenvalue weighted by Crippen LogP contribution is -2.26. The second-order valence-corrected chi connectivity index (χ2v) is 4.63. The SMILES string of the molecule is O=C(OCC1CCCCO1)c1cc(F)c(F)cc1[N+](=O)[O-]. The molecule has 8 heteroatoms. The van der Waals surface area contributed by atoms with E-state index in [2.05, 4.69) is 0 Å². The molecule has 0 radical (unpaired) electrons. The molecule has 21 heavy (non-hydrogen) atoms. The van der Waals surface area contributed by atoms with Gasteiger partial charge in [0.15, 0.2) is 11.6 Å². The zero-order valence-corrected chi connectivity index (χ0v) is 11.0. The van der Waals surface area contributed by atoms with Crippen molar-refractivity contribution in [2.45, 2.75) is 25.4 Å². The molecule has 0 spiro atoms. The third-order valence-corrected chi connectivity index (χ3v) is 3.13. The lowest BCUT2D eigenvalue weighted by atomic mass is 10.1. The first-order valence-electron chi connectivity index (χ1n) is 6.41. The van der Waals surface area contributed by atoms with Crippen LogP contribution >= 0.6 is 0 Å². The van der Waals surface area contributed by atoms with Crippen LogP contribution in [0.3, 0.4) is 0 Å². The molecule has 0 saturated carbocycles. The van der Waals surface area contributed by atoms with Crippen molar-refractivity contribution in [2.75, 3.05) is 13.2 Å². The van der Waals surface area contributed by atoms with Crippen LogP contribution in [0.15, 0.2) is 12.1 Å². The Morgan fingerprint density at radius 1 is 1.38 bits per heavy atom. The number of esters is 1. The second-order valence-electron chi connectivity index (χ2n) is 4.63. The highest BCUT2D eigenvalue weighted by Gasteiger charge is 2.26. The molecule has 1 unspecified atom stereocenters. The number of hydrogen-bond donors (Lipinski definition) is 0. The molecular formula is C13H13F2NO5. The van der Waals surface area contributed by atoms with Gasteiger partial charge in [-0.3, -0.25) is 10.1 Å². The van der Waals surface area contributed by atoms with E-state index in [-0.39, 0.29) is 12.7 Å². The van der Waals surface area contributed by atoms with Crippen molar-refractivity contribution in [1.29, 1.82) is 0 Å². The Labute approximate surface area is 118 Å². The highest BCUT2D eigenvalue weighted by atomic mass is 19.2. The molecule has 1 fully saturated rings. The molecule has 0 N–H and O–H groups in total. The molecule has 0 aliphatic carbocycles. The average molecular weight is 301 g/mol. The van der Waals surface area contributed by atoms with E-state index in [1.807, 2.05) is 0 Å². The Morgan fingerprint density at radius 3 is 2.71 bits per heavy atom. The van der Waals surface area contributed by atoms with Gasteiger partial charge >= 0.3 is 5.97 Å². The number of nitro groups is 1. The predicted octanol–water partition coefficient (Wildman–Crippen LogP) is 2.60. The molecule has 1 saturated heterocycles. The lowest BCUT2D eigenvalue weighted by molar-refractivity contribution is -0.385. The summed E-state index contributed by atoms with van der Waals surface area (Å²) in [5.41, 5.74) is -1.45. The number of rotatable bonds is 4. The smallest absolute Gasteiger partial charge is 0.345 e. The van der Waals surface area contributed by atoms with E-state index in [1.54, 1.807) is 0 Å². The van der Waals surface area contributed by atoms with Crippen LogP contribution in [-0.4, -0.2) is 30.2 Å². The molecule has 1 aromatic carbocycles. The molecule has 1 aliphatic heterocycles. The second kappa shape index (κ2) is 6.57. The standard InChI is InChI=1S/C13H13F2NO5/c14-10-5-9(12(16(18)19)6-11(10)15)13(17)21-7-8-3-1-2-4-20-8/h5-6,8H,1-4,7H2. The molecular weight excluding hydrogens is 288 g/mol. The first-order chi connectivity index (χ1) is 9.99. The number of nitrogens with zero attached hydrogens (tertiary/aromatic N) is 1. The topological polar surface area (TPSA) is 78.7 Å². The molecule has 2 rings (SSSR count). The van der Waals surface area contributed by atoms with Crippen molar-refractivity contribution < 1.29 is 28.0 Å². The maximum absolute atomic E-state index is 13.1. The van der Waals surface area contributed by atoms with Crippen LogP contribution in [0.2, 0.25) is 0 Å². The number of hydrogen-bond acceptors (Lipinski definition) is 5. The minimum Gasteiger partial charge on any atom is -0.459 e. The van der Waals surface area contributed by atoms with E-state index in [9.17, 15) is 23.7 Å². The molecule has 0 bridgehead atoms. The van der Waals surface area contributed by atoms with Gasteiger partial charge in [0.25, 0.3) is 5.69 Å². The maximum Gasteiger partial charge on any atom is 0.345 e. The zero-order chi connectivity index (χ0) is 15.4. The summed E-state index contributed by atoms with van der Waals surface area (Å²) in [5.74, 6) is -3.81. The van der Waals surface area contributed by atoms with Crippen LogP contribution in [-0.2, 0) is 9.47 Å². The number of ether oxygens (including phenoxy) is 2. The third kappa shape index (κ3) is 3.72. The van der Waals surface area contributed by atoms with Gasteiger partial charge in [0.1, 0.15) is 12.2 Å². The number of nitro benzene ring substituents is 1. The van der Waals surface area contributed by atoms with E-state index in [1.165, 1.54) is 0 Å².